The number of amides is 1. The summed E-state index contributed by atoms with van der Waals surface area (Å²) in [5.74, 6) is 0.525. The molecule has 5 heteroatoms. The van der Waals surface area contributed by atoms with Crippen molar-refractivity contribution < 1.29 is 9.59 Å². The minimum atomic E-state index is -0.606. The highest BCUT2D eigenvalue weighted by atomic mass is 32.2. The van der Waals surface area contributed by atoms with E-state index in [-0.39, 0.29) is 17.1 Å². The van der Waals surface area contributed by atoms with Crippen molar-refractivity contribution in [2.75, 3.05) is 5.75 Å². The van der Waals surface area contributed by atoms with E-state index in [0.717, 1.165) is 11.3 Å². The zero-order valence-corrected chi connectivity index (χ0v) is 10.8. The molecule has 1 heterocycles. The third-order valence-corrected chi connectivity index (χ3v) is 3.90. The molecule has 0 saturated carbocycles. The lowest BCUT2D eigenvalue weighted by molar-refractivity contribution is -0.125. The zero-order chi connectivity index (χ0) is 13.0. The van der Waals surface area contributed by atoms with Gasteiger partial charge in [-0.05, 0) is 18.4 Å². The van der Waals surface area contributed by atoms with Gasteiger partial charge in [-0.1, -0.05) is 42.1 Å². The van der Waals surface area contributed by atoms with Crippen LogP contribution in [-0.2, 0) is 16.0 Å². The molecule has 1 aliphatic rings. The number of thioether (sulfide) groups is 1. The largest absolute Gasteiger partial charge is 0.344 e. The van der Waals surface area contributed by atoms with E-state index in [1.165, 1.54) is 11.8 Å². The van der Waals surface area contributed by atoms with Gasteiger partial charge in [0.2, 0.25) is 11.0 Å². The van der Waals surface area contributed by atoms with Gasteiger partial charge in [0, 0.05) is 5.75 Å². The predicted octanol–water partition coefficient (Wildman–Crippen LogP) is 0.705. The van der Waals surface area contributed by atoms with Gasteiger partial charge in [0.1, 0.15) is 0 Å². The molecule has 1 aliphatic heterocycles. The highest BCUT2D eigenvalue weighted by Crippen LogP contribution is 2.19. The van der Waals surface area contributed by atoms with E-state index in [9.17, 15) is 9.59 Å². The molecule has 0 spiro atoms. The van der Waals surface area contributed by atoms with Crippen LogP contribution in [0.2, 0.25) is 0 Å². The summed E-state index contributed by atoms with van der Waals surface area (Å²) in [6, 6.07) is 8.65. The van der Waals surface area contributed by atoms with Gasteiger partial charge in [-0.2, -0.15) is 0 Å². The van der Waals surface area contributed by atoms with Crippen LogP contribution < -0.4 is 11.1 Å². The molecule has 0 radical (unpaired) electrons. The number of hydrogen-bond donors (Lipinski definition) is 2. The van der Waals surface area contributed by atoms with Crippen molar-refractivity contribution >= 4 is 22.8 Å². The fraction of sp³-hybridized carbons (Fsp3) is 0.385. The molecule has 1 aromatic rings. The normalized spacial score (nSPS) is 20.7. The van der Waals surface area contributed by atoms with Gasteiger partial charge in [-0.25, -0.2) is 0 Å². The van der Waals surface area contributed by atoms with Crippen molar-refractivity contribution in [1.29, 1.82) is 0 Å². The van der Waals surface area contributed by atoms with Crippen molar-refractivity contribution in [2.45, 2.75) is 24.9 Å². The van der Waals surface area contributed by atoms with Gasteiger partial charge < -0.3 is 11.1 Å². The van der Waals surface area contributed by atoms with Gasteiger partial charge >= 0.3 is 0 Å². The molecule has 4 nitrogen and oxygen atoms in total. The maximum Gasteiger partial charge on any atom is 0.237 e. The zero-order valence-electron chi connectivity index (χ0n) is 9.96. The average molecular weight is 264 g/mol. The third-order valence-electron chi connectivity index (χ3n) is 2.89. The molecule has 0 aromatic heterocycles. The summed E-state index contributed by atoms with van der Waals surface area (Å²) in [5, 5.41) is 2.75. The maximum absolute atomic E-state index is 11.9. The van der Waals surface area contributed by atoms with Crippen LogP contribution >= 0.6 is 11.8 Å². The minimum Gasteiger partial charge on any atom is -0.344 e. The van der Waals surface area contributed by atoms with Gasteiger partial charge in [0.05, 0.1) is 12.1 Å². The Labute approximate surface area is 110 Å². The SMILES string of the molecule is N[C@@H](Cc1ccccc1)C(=O)NC1CCSC1=O. The second kappa shape index (κ2) is 6.02. The molecule has 96 valence electrons. The van der Waals surface area contributed by atoms with Crippen LogP contribution in [0.25, 0.3) is 0 Å². The van der Waals surface area contributed by atoms with Crippen LogP contribution in [0.3, 0.4) is 0 Å². The van der Waals surface area contributed by atoms with Crippen molar-refractivity contribution in [3.05, 3.63) is 35.9 Å². The lowest BCUT2D eigenvalue weighted by atomic mass is 10.1. The van der Waals surface area contributed by atoms with E-state index in [1.807, 2.05) is 30.3 Å². The standard InChI is InChI=1S/C13H16N2O2S/c14-10(8-9-4-2-1-3-5-9)12(16)15-11-6-7-18-13(11)17/h1-5,10-11H,6-8,14H2,(H,15,16)/t10-,11?/m0/s1. The second-order valence-electron chi connectivity index (χ2n) is 4.31. The monoisotopic (exact) mass is 264 g/mol. The molecule has 1 saturated heterocycles. The lowest BCUT2D eigenvalue weighted by Gasteiger charge is -2.15. The van der Waals surface area contributed by atoms with Crippen LogP contribution in [0, 0.1) is 0 Å². The quantitative estimate of drug-likeness (QED) is 0.840. The Morgan fingerprint density at radius 1 is 1.44 bits per heavy atom. The van der Waals surface area contributed by atoms with E-state index < -0.39 is 6.04 Å². The molecule has 2 atom stereocenters. The van der Waals surface area contributed by atoms with Crippen LogP contribution in [0.4, 0.5) is 0 Å². The maximum atomic E-state index is 11.9. The predicted molar refractivity (Wildman–Crippen MR) is 72.1 cm³/mol. The second-order valence-corrected chi connectivity index (χ2v) is 5.41. The van der Waals surface area contributed by atoms with Crippen molar-refractivity contribution in [3.63, 3.8) is 0 Å². The van der Waals surface area contributed by atoms with E-state index in [1.54, 1.807) is 0 Å². The first-order chi connectivity index (χ1) is 8.66. The Kier molecular flexibility index (Phi) is 4.38. The Morgan fingerprint density at radius 2 is 2.17 bits per heavy atom. The highest BCUT2D eigenvalue weighted by molar-refractivity contribution is 8.14. The number of carbonyl (C=O) groups excluding carboxylic acids is 2. The Bertz CT molecular complexity index is 436. The highest BCUT2D eigenvalue weighted by Gasteiger charge is 2.28. The van der Waals surface area contributed by atoms with Gasteiger partial charge in [-0.15, -0.1) is 0 Å². The molecule has 1 fully saturated rings. The Balaban J connectivity index is 1.87. The van der Waals surface area contributed by atoms with Crippen LogP contribution in [0.15, 0.2) is 30.3 Å². The molecule has 3 N–H and O–H groups in total. The first-order valence-corrected chi connectivity index (χ1v) is 6.92. The molecule has 18 heavy (non-hydrogen) atoms. The summed E-state index contributed by atoms with van der Waals surface area (Å²) in [7, 11) is 0. The molecule has 1 unspecified atom stereocenters. The third kappa shape index (κ3) is 3.34. The first-order valence-electron chi connectivity index (χ1n) is 5.93. The summed E-state index contributed by atoms with van der Waals surface area (Å²) in [4.78, 5) is 23.2. The topological polar surface area (TPSA) is 72.2 Å². The summed E-state index contributed by atoms with van der Waals surface area (Å²) in [6.07, 6.45) is 1.19. The summed E-state index contributed by atoms with van der Waals surface area (Å²) < 4.78 is 0. The van der Waals surface area contributed by atoms with Crippen LogP contribution in [0.5, 0.6) is 0 Å². The number of rotatable bonds is 4. The Morgan fingerprint density at radius 3 is 2.78 bits per heavy atom. The number of nitrogens with two attached hydrogens (primary N) is 1. The van der Waals surface area contributed by atoms with Crippen LogP contribution in [-0.4, -0.2) is 28.9 Å². The first kappa shape index (κ1) is 13.1. The number of hydrogen-bond acceptors (Lipinski definition) is 4. The fourth-order valence-corrected chi connectivity index (χ4v) is 2.80. The Hall–Kier alpha value is -1.33. The molecule has 1 amide bonds. The number of benzene rings is 1. The smallest absolute Gasteiger partial charge is 0.237 e. The van der Waals surface area contributed by atoms with Gasteiger partial charge in [0.25, 0.3) is 0 Å². The molecule has 0 aliphatic carbocycles. The van der Waals surface area contributed by atoms with E-state index >= 15 is 0 Å². The molecule has 1 aromatic carbocycles. The summed E-state index contributed by atoms with van der Waals surface area (Å²) >= 11 is 1.27. The molecular weight excluding hydrogens is 248 g/mol. The van der Waals surface area contributed by atoms with Crippen molar-refractivity contribution in [3.8, 4) is 0 Å². The lowest BCUT2D eigenvalue weighted by Crippen LogP contribution is -2.47. The number of nitrogens with one attached hydrogen (secondary N) is 1. The van der Waals surface area contributed by atoms with E-state index in [2.05, 4.69) is 5.32 Å². The molecular formula is C13H16N2O2S. The number of carbonyl (C=O) groups is 2. The van der Waals surface area contributed by atoms with Crippen molar-refractivity contribution in [1.82, 2.24) is 5.32 Å². The van der Waals surface area contributed by atoms with E-state index in [0.29, 0.717) is 12.8 Å². The summed E-state index contributed by atoms with van der Waals surface area (Å²) in [5.41, 5.74) is 6.86. The van der Waals surface area contributed by atoms with E-state index in [4.69, 9.17) is 5.73 Å². The minimum absolute atomic E-state index is 0.0373. The van der Waals surface area contributed by atoms with Gasteiger partial charge in [-0.3, -0.25) is 9.59 Å². The fourth-order valence-electron chi connectivity index (χ4n) is 1.87. The molecule has 0 bridgehead atoms. The molecule has 2 rings (SSSR count). The van der Waals surface area contributed by atoms with Gasteiger partial charge in [0.15, 0.2) is 0 Å². The van der Waals surface area contributed by atoms with Crippen molar-refractivity contribution in [2.24, 2.45) is 5.73 Å². The van der Waals surface area contributed by atoms with Crippen LogP contribution in [0.1, 0.15) is 12.0 Å². The summed E-state index contributed by atoms with van der Waals surface area (Å²) in [6.45, 7) is 0. The average Bonchev–Trinajstić information content (AvgIpc) is 2.76.